The molecule has 1 aromatic heterocycles. The number of fused-ring (bicyclic) bond motifs is 1. The molecule has 0 bridgehead atoms. The molecular formula is C27H34Cl2N4O2. The summed E-state index contributed by atoms with van der Waals surface area (Å²) in [5.74, 6) is 0. The Morgan fingerprint density at radius 1 is 0.886 bits per heavy atom. The lowest BCUT2D eigenvalue weighted by Crippen LogP contribution is -2.40. The first-order valence-electron chi connectivity index (χ1n) is 12.6. The molecule has 2 aromatic carbocycles. The maximum absolute atomic E-state index is 13.7. The fourth-order valence-electron chi connectivity index (χ4n) is 5.51. The van der Waals surface area contributed by atoms with Crippen molar-refractivity contribution in [3.05, 3.63) is 67.6 Å². The van der Waals surface area contributed by atoms with E-state index in [-0.39, 0.29) is 11.7 Å². The summed E-state index contributed by atoms with van der Waals surface area (Å²) in [4.78, 5) is 18.6. The number of imidazole rings is 1. The van der Waals surface area contributed by atoms with E-state index in [1.54, 1.807) is 0 Å². The molecule has 0 spiro atoms. The van der Waals surface area contributed by atoms with Crippen molar-refractivity contribution in [2.45, 2.75) is 45.8 Å². The van der Waals surface area contributed by atoms with Gasteiger partial charge in [-0.15, -0.1) is 0 Å². The predicted octanol–water partition coefficient (Wildman–Crippen LogP) is 4.90. The average molecular weight is 518 g/mol. The summed E-state index contributed by atoms with van der Waals surface area (Å²) in [6.07, 6.45) is 1.88. The van der Waals surface area contributed by atoms with Gasteiger partial charge in [0, 0.05) is 51.9 Å². The zero-order valence-electron chi connectivity index (χ0n) is 20.6. The van der Waals surface area contributed by atoms with Crippen LogP contribution in [0.5, 0.6) is 0 Å². The zero-order chi connectivity index (χ0) is 24.5. The number of piperidine rings is 1. The molecule has 6 nitrogen and oxygen atoms in total. The van der Waals surface area contributed by atoms with Crippen molar-refractivity contribution in [1.29, 1.82) is 0 Å². The highest BCUT2D eigenvalue weighted by molar-refractivity contribution is 6.42. The van der Waals surface area contributed by atoms with E-state index in [0.717, 1.165) is 76.4 Å². The standard InChI is InChI=1S/C27H34Cl2N4O2/c1-19-3-4-21(20(2)15-19)18-31-7-5-22(6-8-31)33-26-17-24(29)23(28)16-25(26)32(27(33)34)10-9-30-11-13-35-14-12-30/h3-4,15-17,22H,5-14,18H2,1-2H3. The lowest BCUT2D eigenvalue weighted by molar-refractivity contribution is 0.0364. The first kappa shape index (κ1) is 24.8. The fraction of sp³-hybridized carbons (Fsp3) is 0.519. The minimum absolute atomic E-state index is 0.0411. The van der Waals surface area contributed by atoms with Gasteiger partial charge in [0.2, 0.25) is 0 Å². The molecule has 2 fully saturated rings. The van der Waals surface area contributed by atoms with Gasteiger partial charge >= 0.3 is 5.69 Å². The molecule has 0 aliphatic carbocycles. The molecule has 0 atom stereocenters. The molecule has 3 heterocycles. The van der Waals surface area contributed by atoms with E-state index in [1.165, 1.54) is 16.7 Å². The van der Waals surface area contributed by atoms with Gasteiger partial charge in [-0.1, -0.05) is 47.0 Å². The van der Waals surface area contributed by atoms with Crippen molar-refractivity contribution in [3.63, 3.8) is 0 Å². The number of nitrogens with zero attached hydrogens (tertiary/aromatic N) is 4. The van der Waals surface area contributed by atoms with Gasteiger partial charge in [0.15, 0.2) is 0 Å². The van der Waals surface area contributed by atoms with E-state index < -0.39 is 0 Å². The number of aromatic nitrogens is 2. The quantitative estimate of drug-likeness (QED) is 0.467. The minimum Gasteiger partial charge on any atom is -0.379 e. The second-order valence-corrected chi connectivity index (χ2v) is 10.8. The summed E-state index contributed by atoms with van der Waals surface area (Å²) in [5, 5.41) is 0.977. The number of rotatable bonds is 6. The number of morpholine rings is 1. The Bertz CT molecular complexity index is 1250. The highest BCUT2D eigenvalue weighted by Crippen LogP contribution is 2.32. The van der Waals surface area contributed by atoms with E-state index >= 15 is 0 Å². The number of hydrogen-bond acceptors (Lipinski definition) is 4. The molecule has 8 heteroatoms. The van der Waals surface area contributed by atoms with Crippen molar-refractivity contribution >= 4 is 34.2 Å². The first-order chi connectivity index (χ1) is 16.9. The molecule has 188 valence electrons. The normalized spacial score (nSPS) is 18.5. The topological polar surface area (TPSA) is 42.6 Å². The molecule has 0 amide bonds. The summed E-state index contributed by atoms with van der Waals surface area (Å²) in [5.41, 5.74) is 5.83. The van der Waals surface area contributed by atoms with Crippen LogP contribution in [-0.2, 0) is 17.8 Å². The molecule has 2 aliphatic rings. The lowest BCUT2D eigenvalue weighted by atomic mass is 10.0. The highest BCUT2D eigenvalue weighted by Gasteiger charge is 2.26. The van der Waals surface area contributed by atoms with Crippen LogP contribution >= 0.6 is 23.2 Å². The first-order valence-corrected chi connectivity index (χ1v) is 13.3. The SMILES string of the molecule is Cc1ccc(CN2CCC(n3c(=O)n(CCN4CCOCC4)c4cc(Cl)c(Cl)cc43)CC2)c(C)c1. The van der Waals surface area contributed by atoms with Crippen LogP contribution in [0.15, 0.2) is 35.1 Å². The second-order valence-electron chi connectivity index (χ2n) is 9.95. The van der Waals surface area contributed by atoms with Gasteiger partial charge < -0.3 is 4.74 Å². The van der Waals surface area contributed by atoms with Crippen molar-refractivity contribution in [2.24, 2.45) is 0 Å². The van der Waals surface area contributed by atoms with Crippen LogP contribution in [-0.4, -0.2) is 64.9 Å². The predicted molar refractivity (Wildman–Crippen MR) is 143 cm³/mol. The average Bonchev–Trinajstić information content (AvgIpc) is 3.11. The van der Waals surface area contributed by atoms with E-state index in [0.29, 0.717) is 16.6 Å². The molecule has 2 aliphatic heterocycles. The molecule has 0 radical (unpaired) electrons. The van der Waals surface area contributed by atoms with Crippen molar-refractivity contribution < 1.29 is 4.74 Å². The van der Waals surface area contributed by atoms with Crippen LogP contribution in [0.3, 0.4) is 0 Å². The van der Waals surface area contributed by atoms with Crippen LogP contribution in [0, 0.1) is 13.8 Å². The van der Waals surface area contributed by atoms with Crippen LogP contribution in [0.4, 0.5) is 0 Å². The number of likely N-dealkylation sites (tertiary alicyclic amines) is 1. The molecule has 5 rings (SSSR count). The fourth-order valence-corrected chi connectivity index (χ4v) is 5.82. The largest absolute Gasteiger partial charge is 0.379 e. The van der Waals surface area contributed by atoms with Gasteiger partial charge in [0.05, 0.1) is 34.3 Å². The lowest BCUT2D eigenvalue weighted by Gasteiger charge is -2.33. The van der Waals surface area contributed by atoms with Gasteiger partial charge in [0.1, 0.15) is 0 Å². The molecule has 2 saturated heterocycles. The summed E-state index contributed by atoms with van der Waals surface area (Å²) in [6.45, 7) is 12.0. The summed E-state index contributed by atoms with van der Waals surface area (Å²) >= 11 is 12.8. The van der Waals surface area contributed by atoms with E-state index in [4.69, 9.17) is 27.9 Å². The summed E-state index contributed by atoms with van der Waals surface area (Å²) in [7, 11) is 0. The third-order valence-corrected chi connectivity index (χ3v) is 8.28. The van der Waals surface area contributed by atoms with Crippen molar-refractivity contribution in [1.82, 2.24) is 18.9 Å². The molecule has 0 unspecified atom stereocenters. The van der Waals surface area contributed by atoms with Crippen molar-refractivity contribution in [3.8, 4) is 0 Å². The monoisotopic (exact) mass is 516 g/mol. The Morgan fingerprint density at radius 3 is 2.26 bits per heavy atom. The maximum atomic E-state index is 13.7. The summed E-state index contributed by atoms with van der Waals surface area (Å²) < 4.78 is 9.33. The second kappa shape index (κ2) is 10.7. The van der Waals surface area contributed by atoms with Gasteiger partial charge in [-0.3, -0.25) is 18.9 Å². The van der Waals surface area contributed by atoms with Crippen LogP contribution in [0.25, 0.3) is 11.0 Å². The Balaban J connectivity index is 1.36. The number of halogens is 2. The minimum atomic E-state index is 0.0411. The molecule has 0 saturated carbocycles. The Hall–Kier alpha value is -1.83. The molecule has 35 heavy (non-hydrogen) atoms. The smallest absolute Gasteiger partial charge is 0.329 e. The van der Waals surface area contributed by atoms with Crippen molar-refractivity contribution in [2.75, 3.05) is 45.9 Å². The van der Waals surface area contributed by atoms with Crippen LogP contribution in [0.1, 0.15) is 35.6 Å². The van der Waals surface area contributed by atoms with E-state index in [2.05, 4.69) is 41.8 Å². The Morgan fingerprint density at radius 2 is 1.57 bits per heavy atom. The zero-order valence-corrected chi connectivity index (χ0v) is 22.1. The Labute approximate surface area is 217 Å². The van der Waals surface area contributed by atoms with Gasteiger partial charge in [-0.25, -0.2) is 4.79 Å². The maximum Gasteiger partial charge on any atom is 0.329 e. The number of benzene rings is 2. The number of aryl methyl sites for hydroxylation is 2. The van der Waals surface area contributed by atoms with Gasteiger partial charge in [-0.05, 0) is 49.9 Å². The summed E-state index contributed by atoms with van der Waals surface area (Å²) in [6, 6.07) is 10.6. The van der Waals surface area contributed by atoms with Crippen LogP contribution in [0.2, 0.25) is 10.0 Å². The molecule has 3 aromatic rings. The highest BCUT2D eigenvalue weighted by atomic mass is 35.5. The molecule has 0 N–H and O–H groups in total. The number of ether oxygens (including phenoxy) is 1. The third-order valence-electron chi connectivity index (χ3n) is 7.56. The van der Waals surface area contributed by atoms with Gasteiger partial charge in [-0.2, -0.15) is 0 Å². The Kier molecular flexibility index (Phi) is 7.56. The third kappa shape index (κ3) is 5.32. The van der Waals surface area contributed by atoms with Crippen LogP contribution < -0.4 is 5.69 Å². The number of hydrogen-bond donors (Lipinski definition) is 0. The van der Waals surface area contributed by atoms with Gasteiger partial charge in [0.25, 0.3) is 0 Å². The van der Waals surface area contributed by atoms with E-state index in [1.807, 2.05) is 21.3 Å². The van der Waals surface area contributed by atoms with E-state index in [9.17, 15) is 4.79 Å². The molecular weight excluding hydrogens is 483 g/mol.